The fraction of sp³-hybridized carbons (Fsp3) is 0.190. The molecule has 0 unspecified atom stereocenters. The molecule has 2 N–H and O–H groups in total. The van der Waals surface area contributed by atoms with E-state index < -0.39 is 47.2 Å². The third kappa shape index (κ3) is 10.2. The van der Waals surface area contributed by atoms with Crippen molar-refractivity contribution in [1.82, 2.24) is 19.9 Å². The third-order valence-corrected chi connectivity index (χ3v) is 9.14. The summed E-state index contributed by atoms with van der Waals surface area (Å²) in [6.07, 6.45) is 5.74. The van der Waals surface area contributed by atoms with Gasteiger partial charge in [0.25, 0.3) is 0 Å². The Morgan fingerprint density at radius 2 is 0.862 bits per heavy atom. The van der Waals surface area contributed by atoms with Gasteiger partial charge in [0.15, 0.2) is 0 Å². The van der Waals surface area contributed by atoms with Crippen LogP contribution >= 0.6 is 0 Å². The molecule has 2 amide bonds. The van der Waals surface area contributed by atoms with E-state index in [1.54, 1.807) is 62.6 Å². The van der Waals surface area contributed by atoms with Crippen LogP contribution in [0.1, 0.15) is 11.1 Å². The molecule has 16 heteroatoms. The van der Waals surface area contributed by atoms with Gasteiger partial charge in [-0.15, -0.1) is 0 Å². The van der Waals surface area contributed by atoms with Gasteiger partial charge in [-0.3, -0.25) is 9.59 Å². The van der Waals surface area contributed by atoms with Gasteiger partial charge in [0.2, 0.25) is 23.7 Å². The van der Waals surface area contributed by atoms with Crippen molar-refractivity contribution in [1.29, 1.82) is 0 Å². The van der Waals surface area contributed by atoms with Crippen molar-refractivity contribution in [3.8, 4) is 22.6 Å². The lowest BCUT2D eigenvalue weighted by Crippen LogP contribution is -2.42. The zero-order valence-electron chi connectivity index (χ0n) is 31.8. The van der Waals surface area contributed by atoms with Crippen molar-refractivity contribution in [3.63, 3.8) is 0 Å². The molecule has 0 radical (unpaired) electrons. The van der Waals surface area contributed by atoms with E-state index in [0.717, 1.165) is 36.4 Å². The molecular formula is C42H38F4N8O4. The number of nitrogens with zero attached hydrogens (tertiary/aromatic N) is 6. The number of hydrogen-bond donors (Lipinski definition) is 2. The number of ether oxygens (including phenoxy) is 2. The summed E-state index contributed by atoms with van der Waals surface area (Å²) < 4.78 is 66.9. The second-order valence-corrected chi connectivity index (χ2v) is 13.1. The third-order valence-electron chi connectivity index (χ3n) is 9.14. The molecule has 4 aromatic carbocycles. The van der Waals surface area contributed by atoms with E-state index in [1.807, 2.05) is 0 Å². The molecule has 0 spiro atoms. The van der Waals surface area contributed by atoms with Gasteiger partial charge in [-0.05, 0) is 83.9 Å². The molecule has 2 atom stereocenters. The lowest BCUT2D eigenvalue weighted by molar-refractivity contribution is -0.119. The Morgan fingerprint density at radius 1 is 0.552 bits per heavy atom. The van der Waals surface area contributed by atoms with Crippen molar-refractivity contribution in [2.75, 3.05) is 48.7 Å². The highest BCUT2D eigenvalue weighted by atomic mass is 19.1. The number of benzene rings is 4. The van der Waals surface area contributed by atoms with Crippen molar-refractivity contribution < 1.29 is 36.6 Å². The van der Waals surface area contributed by atoms with Crippen LogP contribution < -0.4 is 29.9 Å². The summed E-state index contributed by atoms with van der Waals surface area (Å²) in [4.78, 5) is 47.9. The highest BCUT2D eigenvalue weighted by Crippen LogP contribution is 2.24. The fourth-order valence-electron chi connectivity index (χ4n) is 6.08. The van der Waals surface area contributed by atoms with Crippen molar-refractivity contribution >= 4 is 35.1 Å². The number of anilines is 4. The summed E-state index contributed by atoms with van der Waals surface area (Å²) in [5, 5.41) is 6.00. The number of carbonyl (C=O) groups excluding carboxylic acids is 2. The van der Waals surface area contributed by atoms with Gasteiger partial charge >= 0.3 is 0 Å². The Labute approximate surface area is 331 Å². The first-order valence-electron chi connectivity index (χ1n) is 17.8. The number of hydrogen-bond acceptors (Lipinski definition) is 10. The van der Waals surface area contributed by atoms with Crippen LogP contribution in [0.5, 0.6) is 11.5 Å². The quantitative estimate of drug-likeness (QED) is 0.106. The topological polar surface area (TPSA) is 135 Å². The second kappa shape index (κ2) is 18.2. The number of carbonyl (C=O) groups is 2. The molecule has 0 saturated heterocycles. The number of rotatable bonds is 15. The summed E-state index contributed by atoms with van der Waals surface area (Å²) in [7, 11) is 6.21. The molecule has 2 aromatic heterocycles. The Morgan fingerprint density at radius 3 is 1.16 bits per heavy atom. The molecule has 6 aromatic rings. The molecule has 0 bridgehead atoms. The monoisotopic (exact) mass is 794 g/mol. The van der Waals surface area contributed by atoms with Crippen LogP contribution in [-0.4, -0.2) is 72.1 Å². The highest BCUT2D eigenvalue weighted by Gasteiger charge is 2.27. The molecule has 0 aliphatic heterocycles. The Balaban J connectivity index is 1.19. The number of halogens is 4. The zero-order valence-corrected chi connectivity index (χ0v) is 31.8. The predicted molar refractivity (Wildman–Crippen MR) is 211 cm³/mol. The number of methoxy groups -OCH3 is 2. The fourth-order valence-corrected chi connectivity index (χ4v) is 6.08. The minimum absolute atomic E-state index is 0.0671. The summed E-state index contributed by atoms with van der Waals surface area (Å²) in [6.45, 7) is 0. The maximum absolute atomic E-state index is 14.1. The van der Waals surface area contributed by atoms with Gasteiger partial charge < -0.3 is 29.9 Å². The van der Waals surface area contributed by atoms with Gasteiger partial charge in [0.1, 0.15) is 46.9 Å². The summed E-state index contributed by atoms with van der Waals surface area (Å²) in [5.74, 6) is -2.62. The van der Waals surface area contributed by atoms with E-state index in [0.29, 0.717) is 34.0 Å². The zero-order chi connectivity index (χ0) is 41.3. The van der Waals surface area contributed by atoms with Crippen LogP contribution in [0.25, 0.3) is 11.1 Å². The van der Waals surface area contributed by atoms with Crippen LogP contribution in [0, 0.1) is 23.3 Å². The molecule has 6 rings (SSSR count). The lowest BCUT2D eigenvalue weighted by Gasteiger charge is -2.25. The first kappa shape index (κ1) is 40.6. The number of likely N-dealkylation sites (N-methyl/N-ethyl adjacent to an activating group) is 2. The predicted octanol–water partition coefficient (Wildman–Crippen LogP) is 6.88. The van der Waals surface area contributed by atoms with Crippen molar-refractivity contribution in [3.05, 3.63) is 144 Å². The summed E-state index contributed by atoms with van der Waals surface area (Å²) in [5.41, 5.74) is 2.61. The standard InChI is InChI=1S/C42H38F4N8O4/c1-53(33-5-9-35(57-3)10-6-33)39(55)37(17-25-13-29(43)19-30(44)14-25)51-41-47-21-27(22-48-41)28-23-49-42(50-24-28)52-38(18-26-15-31(45)20-32(46)16-26)40(56)54(2)34-7-11-36(58-4)12-8-34/h5-16,19-24,37-38H,17-18H2,1-4H3,(H,47,48,51)(H,49,50,52)/t37-,38-/m0/s1. The first-order chi connectivity index (χ1) is 27.9. The smallest absolute Gasteiger partial charge is 0.249 e. The molecular weight excluding hydrogens is 757 g/mol. The van der Waals surface area contributed by atoms with Crippen LogP contribution in [0.3, 0.4) is 0 Å². The average molecular weight is 795 g/mol. The van der Waals surface area contributed by atoms with Gasteiger partial charge in [-0.25, -0.2) is 37.5 Å². The molecule has 0 aliphatic carbocycles. The normalized spacial score (nSPS) is 11.9. The lowest BCUT2D eigenvalue weighted by atomic mass is 10.0. The van der Waals surface area contributed by atoms with E-state index in [-0.39, 0.29) is 35.9 Å². The van der Waals surface area contributed by atoms with E-state index in [2.05, 4.69) is 30.6 Å². The molecule has 0 fully saturated rings. The van der Waals surface area contributed by atoms with Crippen molar-refractivity contribution in [2.45, 2.75) is 24.9 Å². The van der Waals surface area contributed by atoms with E-state index >= 15 is 0 Å². The van der Waals surface area contributed by atoms with Crippen LogP contribution in [-0.2, 0) is 22.4 Å². The Kier molecular flexibility index (Phi) is 12.7. The average Bonchev–Trinajstić information content (AvgIpc) is 3.22. The first-order valence-corrected chi connectivity index (χ1v) is 17.8. The van der Waals surface area contributed by atoms with E-state index in [4.69, 9.17) is 9.47 Å². The molecule has 2 heterocycles. The summed E-state index contributed by atoms with van der Waals surface area (Å²) in [6, 6.07) is 17.7. The molecule has 12 nitrogen and oxygen atoms in total. The van der Waals surface area contributed by atoms with Gasteiger partial charge in [0.05, 0.1) is 14.2 Å². The largest absolute Gasteiger partial charge is 0.497 e. The van der Waals surface area contributed by atoms with Crippen LogP contribution in [0.4, 0.5) is 40.8 Å². The maximum atomic E-state index is 14.1. The minimum atomic E-state index is -1.03. The SMILES string of the molecule is COc1ccc(N(C)C(=O)[C@H](Cc2cc(F)cc(F)c2)Nc2ncc(-c3cnc(N[C@@H](Cc4cc(F)cc(F)c4)C(=O)N(C)c4ccc(OC)cc4)nc3)cn2)cc1. The Hall–Kier alpha value is -7.10. The number of nitrogens with one attached hydrogen (secondary N) is 2. The van der Waals surface area contributed by atoms with Crippen molar-refractivity contribution in [2.24, 2.45) is 0 Å². The van der Waals surface area contributed by atoms with Gasteiger partial charge in [-0.1, -0.05) is 0 Å². The Bertz CT molecular complexity index is 2150. The molecule has 298 valence electrons. The van der Waals surface area contributed by atoms with Gasteiger partial charge in [0, 0.05) is 86.4 Å². The second-order valence-electron chi connectivity index (χ2n) is 13.1. The molecule has 0 saturated carbocycles. The van der Waals surface area contributed by atoms with E-state index in [9.17, 15) is 27.2 Å². The maximum Gasteiger partial charge on any atom is 0.249 e. The highest BCUT2D eigenvalue weighted by molar-refractivity contribution is 5.99. The minimum Gasteiger partial charge on any atom is -0.497 e. The van der Waals surface area contributed by atoms with Crippen LogP contribution in [0.2, 0.25) is 0 Å². The van der Waals surface area contributed by atoms with E-state index in [1.165, 1.54) is 48.8 Å². The molecule has 0 aliphatic rings. The molecule has 58 heavy (non-hydrogen) atoms. The number of amides is 2. The number of aromatic nitrogens is 4. The van der Waals surface area contributed by atoms with Crippen LogP contribution in [0.15, 0.2) is 110 Å². The van der Waals surface area contributed by atoms with Gasteiger partial charge in [-0.2, -0.15) is 0 Å². The summed E-state index contributed by atoms with van der Waals surface area (Å²) >= 11 is 0.